The quantitative estimate of drug-likeness (QED) is 0.452. The number of hydrogen-bond acceptors (Lipinski definition) is 4. The molecule has 0 atom stereocenters. The first kappa shape index (κ1) is 15.6. The Bertz CT molecular complexity index is 1070. The Morgan fingerprint density at radius 1 is 0.962 bits per heavy atom. The monoisotopic (exact) mass is 344 g/mol. The van der Waals surface area contributed by atoms with E-state index < -0.39 is 0 Å². The second kappa shape index (κ2) is 6.56. The first-order chi connectivity index (χ1) is 12.7. The number of H-pyrrole nitrogens is 1. The molecule has 0 aliphatic carbocycles. The van der Waals surface area contributed by atoms with Gasteiger partial charge in [-0.25, -0.2) is 9.78 Å². The zero-order valence-corrected chi connectivity index (χ0v) is 13.7. The molecule has 128 valence electrons. The van der Waals surface area contributed by atoms with Crippen LogP contribution in [0.25, 0.3) is 22.0 Å². The Hall–Kier alpha value is -3.87. The highest BCUT2D eigenvalue weighted by Gasteiger charge is 2.08. The number of fused-ring (bicyclic) bond motifs is 1. The van der Waals surface area contributed by atoms with Gasteiger partial charge in [0.15, 0.2) is 5.82 Å². The molecule has 26 heavy (non-hydrogen) atoms. The lowest BCUT2D eigenvalue weighted by Gasteiger charge is -2.08. The number of urea groups is 1. The van der Waals surface area contributed by atoms with Crippen molar-refractivity contribution in [3.63, 3.8) is 0 Å². The third kappa shape index (κ3) is 3.18. The maximum absolute atomic E-state index is 12.1. The van der Waals surface area contributed by atoms with E-state index >= 15 is 0 Å². The number of carbonyl (C=O) groups excluding carboxylic acids is 1. The fraction of sp³-hybridized carbons (Fsp3) is 0. The zero-order valence-electron chi connectivity index (χ0n) is 13.7. The SMILES string of the molecule is Nc1n[nH]c2ccc(-c3ccnc(NC(=O)Nc4ccccc4)c3)cc12. The molecule has 4 rings (SSSR count). The van der Waals surface area contributed by atoms with Gasteiger partial charge in [-0.3, -0.25) is 10.4 Å². The van der Waals surface area contributed by atoms with E-state index in [0.717, 1.165) is 22.0 Å². The maximum Gasteiger partial charge on any atom is 0.324 e. The molecular formula is C19H16N6O. The van der Waals surface area contributed by atoms with Gasteiger partial charge in [0.05, 0.1) is 5.52 Å². The smallest absolute Gasteiger partial charge is 0.324 e. The van der Waals surface area contributed by atoms with Crippen molar-refractivity contribution in [2.24, 2.45) is 0 Å². The molecule has 2 aromatic heterocycles. The van der Waals surface area contributed by atoms with Crippen molar-refractivity contribution in [3.8, 4) is 11.1 Å². The molecule has 5 N–H and O–H groups in total. The number of aromatic nitrogens is 3. The van der Waals surface area contributed by atoms with Crippen LogP contribution < -0.4 is 16.4 Å². The Balaban J connectivity index is 1.55. The molecule has 2 aromatic carbocycles. The average molecular weight is 344 g/mol. The van der Waals surface area contributed by atoms with E-state index in [1.807, 2.05) is 60.7 Å². The molecule has 2 heterocycles. The third-order valence-electron chi connectivity index (χ3n) is 3.96. The van der Waals surface area contributed by atoms with E-state index in [9.17, 15) is 4.79 Å². The van der Waals surface area contributed by atoms with Crippen LogP contribution in [0.1, 0.15) is 0 Å². The predicted octanol–water partition coefficient (Wildman–Crippen LogP) is 3.85. The first-order valence-corrected chi connectivity index (χ1v) is 8.02. The van der Waals surface area contributed by atoms with Crippen molar-refractivity contribution in [1.82, 2.24) is 15.2 Å². The number of nitrogens with two attached hydrogens (primary N) is 1. The van der Waals surface area contributed by atoms with E-state index in [2.05, 4.69) is 25.8 Å². The van der Waals surface area contributed by atoms with Crippen LogP contribution in [0.4, 0.5) is 22.1 Å². The van der Waals surface area contributed by atoms with Gasteiger partial charge in [0.1, 0.15) is 5.82 Å². The minimum Gasteiger partial charge on any atom is -0.382 e. The van der Waals surface area contributed by atoms with Crippen LogP contribution in [0.15, 0.2) is 66.9 Å². The first-order valence-electron chi connectivity index (χ1n) is 8.02. The number of nitrogen functional groups attached to an aromatic ring is 1. The van der Waals surface area contributed by atoms with Crippen molar-refractivity contribution >= 4 is 34.3 Å². The number of aromatic amines is 1. The number of nitrogens with one attached hydrogen (secondary N) is 3. The summed E-state index contributed by atoms with van der Waals surface area (Å²) < 4.78 is 0. The van der Waals surface area contributed by atoms with Gasteiger partial charge in [-0.2, -0.15) is 5.10 Å². The largest absolute Gasteiger partial charge is 0.382 e. The lowest BCUT2D eigenvalue weighted by Crippen LogP contribution is -2.19. The van der Waals surface area contributed by atoms with E-state index in [4.69, 9.17) is 5.73 Å². The highest BCUT2D eigenvalue weighted by atomic mass is 16.2. The molecule has 0 aliphatic heterocycles. The van der Waals surface area contributed by atoms with E-state index in [0.29, 0.717) is 17.3 Å². The molecule has 0 saturated heterocycles. The van der Waals surface area contributed by atoms with Gasteiger partial charge >= 0.3 is 6.03 Å². The van der Waals surface area contributed by atoms with Crippen molar-refractivity contribution in [2.45, 2.75) is 0 Å². The van der Waals surface area contributed by atoms with Crippen molar-refractivity contribution in [1.29, 1.82) is 0 Å². The summed E-state index contributed by atoms with van der Waals surface area (Å²) in [6, 6.07) is 18.4. The highest BCUT2D eigenvalue weighted by molar-refractivity contribution is 5.99. The summed E-state index contributed by atoms with van der Waals surface area (Å²) in [7, 11) is 0. The van der Waals surface area contributed by atoms with Gasteiger partial charge in [0.25, 0.3) is 0 Å². The lowest BCUT2D eigenvalue weighted by molar-refractivity contribution is 0.262. The summed E-state index contributed by atoms with van der Waals surface area (Å²) in [6.07, 6.45) is 1.65. The molecule has 0 spiro atoms. The van der Waals surface area contributed by atoms with Gasteiger partial charge in [0.2, 0.25) is 0 Å². The summed E-state index contributed by atoms with van der Waals surface area (Å²) in [5.41, 5.74) is 9.33. The maximum atomic E-state index is 12.1. The van der Waals surface area contributed by atoms with Crippen LogP contribution in [0, 0.1) is 0 Å². The molecule has 4 aromatic rings. The topological polar surface area (TPSA) is 109 Å². The normalized spacial score (nSPS) is 10.6. The molecule has 7 nitrogen and oxygen atoms in total. The van der Waals surface area contributed by atoms with Crippen LogP contribution in [-0.2, 0) is 0 Å². The summed E-state index contributed by atoms with van der Waals surface area (Å²) >= 11 is 0. The number of pyridine rings is 1. The zero-order chi connectivity index (χ0) is 17.9. The van der Waals surface area contributed by atoms with Gasteiger partial charge in [-0.05, 0) is 47.5 Å². The van der Waals surface area contributed by atoms with Gasteiger partial charge in [-0.1, -0.05) is 24.3 Å². The standard InChI is InChI=1S/C19H16N6O/c20-18-15-10-12(6-7-16(15)24-25-18)13-8-9-21-17(11-13)23-19(26)22-14-4-2-1-3-5-14/h1-11H,(H3,20,24,25)(H2,21,22,23,26). The van der Waals surface area contributed by atoms with Crippen LogP contribution in [0.3, 0.4) is 0 Å². The minimum atomic E-state index is -0.351. The molecule has 0 bridgehead atoms. The van der Waals surface area contributed by atoms with Crippen molar-refractivity contribution < 1.29 is 4.79 Å². The summed E-state index contributed by atoms with van der Waals surface area (Å²) in [5.74, 6) is 0.910. The van der Waals surface area contributed by atoms with Gasteiger partial charge in [0, 0.05) is 17.3 Å². The van der Waals surface area contributed by atoms with Crippen LogP contribution in [0.2, 0.25) is 0 Å². The Kier molecular flexibility index (Phi) is 3.95. The molecule has 2 amide bonds. The lowest BCUT2D eigenvalue weighted by atomic mass is 10.0. The molecule has 0 radical (unpaired) electrons. The number of carbonyl (C=O) groups is 1. The Labute approximate surface area is 149 Å². The second-order valence-electron chi connectivity index (χ2n) is 5.74. The number of nitrogens with zero attached hydrogens (tertiary/aromatic N) is 2. The number of para-hydroxylation sites is 1. The molecule has 0 fully saturated rings. The van der Waals surface area contributed by atoms with E-state index in [-0.39, 0.29) is 6.03 Å². The second-order valence-corrected chi connectivity index (χ2v) is 5.74. The Morgan fingerprint density at radius 2 is 1.77 bits per heavy atom. The van der Waals surface area contributed by atoms with Crippen LogP contribution >= 0.6 is 0 Å². The molecule has 7 heteroatoms. The number of benzene rings is 2. The summed E-state index contributed by atoms with van der Waals surface area (Å²) in [4.78, 5) is 16.3. The summed E-state index contributed by atoms with van der Waals surface area (Å²) in [6.45, 7) is 0. The summed E-state index contributed by atoms with van der Waals surface area (Å²) in [5, 5.41) is 13.2. The molecular weight excluding hydrogens is 328 g/mol. The van der Waals surface area contributed by atoms with Gasteiger partial charge in [-0.15, -0.1) is 0 Å². The number of hydrogen-bond donors (Lipinski definition) is 4. The highest BCUT2D eigenvalue weighted by Crippen LogP contribution is 2.27. The van der Waals surface area contributed by atoms with E-state index in [1.54, 1.807) is 6.20 Å². The van der Waals surface area contributed by atoms with Gasteiger partial charge < -0.3 is 11.1 Å². The molecule has 0 aliphatic rings. The van der Waals surface area contributed by atoms with Crippen molar-refractivity contribution in [2.75, 3.05) is 16.4 Å². The number of rotatable bonds is 3. The van der Waals surface area contributed by atoms with E-state index in [1.165, 1.54) is 0 Å². The molecule has 0 saturated carbocycles. The van der Waals surface area contributed by atoms with Crippen LogP contribution in [-0.4, -0.2) is 21.2 Å². The van der Waals surface area contributed by atoms with Crippen molar-refractivity contribution in [3.05, 3.63) is 66.9 Å². The fourth-order valence-electron chi connectivity index (χ4n) is 2.69. The fourth-order valence-corrected chi connectivity index (χ4v) is 2.69. The number of anilines is 3. The predicted molar refractivity (Wildman–Crippen MR) is 103 cm³/mol. The van der Waals surface area contributed by atoms with Crippen LogP contribution in [0.5, 0.6) is 0 Å². The third-order valence-corrected chi connectivity index (χ3v) is 3.96. The number of amides is 2. The molecule has 0 unspecified atom stereocenters. The Morgan fingerprint density at radius 3 is 2.62 bits per heavy atom. The minimum absolute atomic E-state index is 0.351. The average Bonchev–Trinajstić information content (AvgIpc) is 3.03.